The molecule has 0 aliphatic carbocycles. The van der Waals surface area contributed by atoms with E-state index in [9.17, 15) is 0 Å². The third-order valence-electron chi connectivity index (χ3n) is 1.94. The van der Waals surface area contributed by atoms with E-state index in [1.165, 1.54) is 0 Å². The van der Waals surface area contributed by atoms with Crippen molar-refractivity contribution >= 4 is 0 Å². The molecule has 72 valence electrons. The molecule has 0 unspecified atom stereocenters. The van der Waals surface area contributed by atoms with E-state index < -0.39 is 0 Å². The minimum Gasteiger partial charge on any atom is -1.00 e. The summed E-state index contributed by atoms with van der Waals surface area (Å²) in [5.41, 5.74) is 2.17. The van der Waals surface area contributed by atoms with Gasteiger partial charge in [-0.25, -0.2) is 4.57 Å². The van der Waals surface area contributed by atoms with Gasteiger partial charge in [-0.1, -0.05) is 6.07 Å². The van der Waals surface area contributed by atoms with Gasteiger partial charge in [0.15, 0.2) is 12.4 Å². The topological polar surface area (TPSA) is 16.8 Å². The maximum atomic E-state index is 4.27. The highest BCUT2D eigenvalue weighted by molar-refractivity contribution is 5.56. The second kappa shape index (κ2) is 5.05. The Labute approximate surface area is 101 Å². The summed E-state index contributed by atoms with van der Waals surface area (Å²) in [5, 5.41) is 0. The Kier molecular flexibility index (Phi) is 4.00. The number of aromatic nitrogens is 2. The highest BCUT2D eigenvalue weighted by Gasteiger charge is 1.98. The van der Waals surface area contributed by atoms with E-state index >= 15 is 0 Å². The molecule has 2 aromatic heterocycles. The van der Waals surface area contributed by atoms with Crippen LogP contribution in [0.2, 0.25) is 0 Å². The lowest BCUT2D eigenvalue weighted by molar-refractivity contribution is -0.671. The quantitative estimate of drug-likeness (QED) is 0.466. The molecule has 2 heterocycles. The SMILES string of the molecule is C[n+]1ccc(-c2ccccn2)cc1.[I-]. The van der Waals surface area contributed by atoms with Crippen molar-refractivity contribution in [2.24, 2.45) is 7.05 Å². The predicted molar refractivity (Wildman–Crippen MR) is 50.8 cm³/mol. The van der Waals surface area contributed by atoms with Crippen LogP contribution >= 0.6 is 0 Å². The molecule has 14 heavy (non-hydrogen) atoms. The van der Waals surface area contributed by atoms with E-state index in [0.717, 1.165) is 11.3 Å². The fourth-order valence-electron chi connectivity index (χ4n) is 1.21. The van der Waals surface area contributed by atoms with Crippen LogP contribution in [-0.4, -0.2) is 4.98 Å². The van der Waals surface area contributed by atoms with Gasteiger partial charge in [-0.05, 0) is 12.1 Å². The minimum absolute atomic E-state index is 0. The van der Waals surface area contributed by atoms with Gasteiger partial charge in [0.2, 0.25) is 0 Å². The van der Waals surface area contributed by atoms with Crippen molar-refractivity contribution in [1.82, 2.24) is 4.98 Å². The molecule has 0 saturated heterocycles. The van der Waals surface area contributed by atoms with Gasteiger partial charge in [0, 0.05) is 23.9 Å². The van der Waals surface area contributed by atoms with Gasteiger partial charge in [0.25, 0.3) is 0 Å². The van der Waals surface area contributed by atoms with E-state index in [1.807, 2.05) is 48.4 Å². The zero-order valence-corrected chi connectivity index (χ0v) is 10.0. The highest BCUT2D eigenvalue weighted by atomic mass is 127. The van der Waals surface area contributed by atoms with Gasteiger partial charge in [-0.2, -0.15) is 0 Å². The molecule has 0 N–H and O–H groups in total. The average molecular weight is 298 g/mol. The van der Waals surface area contributed by atoms with Crippen molar-refractivity contribution < 1.29 is 28.5 Å². The number of pyridine rings is 2. The maximum absolute atomic E-state index is 4.27. The number of aryl methyl sites for hydroxylation is 1. The molecule has 0 aliphatic heterocycles. The smallest absolute Gasteiger partial charge is 0.169 e. The summed E-state index contributed by atoms with van der Waals surface area (Å²) < 4.78 is 2.01. The molecule has 2 nitrogen and oxygen atoms in total. The first kappa shape index (κ1) is 11.1. The number of rotatable bonds is 1. The molecule has 0 aromatic carbocycles. The predicted octanol–water partition coefficient (Wildman–Crippen LogP) is -1.42. The van der Waals surface area contributed by atoms with Gasteiger partial charge in [0.05, 0.1) is 5.69 Å². The molecule has 0 aliphatic rings. The van der Waals surface area contributed by atoms with Crippen LogP contribution in [0.3, 0.4) is 0 Å². The fraction of sp³-hybridized carbons (Fsp3) is 0.0909. The van der Waals surface area contributed by atoms with Crippen LogP contribution in [0.4, 0.5) is 0 Å². The lowest BCUT2D eigenvalue weighted by atomic mass is 10.2. The van der Waals surface area contributed by atoms with Crippen molar-refractivity contribution in [1.29, 1.82) is 0 Å². The number of halogens is 1. The van der Waals surface area contributed by atoms with Crippen LogP contribution < -0.4 is 28.5 Å². The van der Waals surface area contributed by atoms with Gasteiger partial charge in [0.1, 0.15) is 7.05 Å². The fourth-order valence-corrected chi connectivity index (χ4v) is 1.21. The Morgan fingerprint density at radius 1 is 1.07 bits per heavy atom. The van der Waals surface area contributed by atoms with Crippen LogP contribution in [0.5, 0.6) is 0 Å². The Hall–Kier alpha value is -0.970. The number of hydrogen-bond acceptors (Lipinski definition) is 1. The molecule has 0 saturated carbocycles. The summed E-state index contributed by atoms with van der Waals surface area (Å²) in [6.45, 7) is 0. The van der Waals surface area contributed by atoms with Crippen molar-refractivity contribution in [3.8, 4) is 11.3 Å². The first-order valence-corrected chi connectivity index (χ1v) is 4.23. The Morgan fingerprint density at radius 3 is 2.36 bits per heavy atom. The molecular formula is C11H11IN2. The molecular weight excluding hydrogens is 287 g/mol. The van der Waals surface area contributed by atoms with Crippen LogP contribution in [-0.2, 0) is 7.05 Å². The van der Waals surface area contributed by atoms with Gasteiger partial charge in [-0.15, -0.1) is 0 Å². The third-order valence-corrected chi connectivity index (χ3v) is 1.94. The molecule has 0 bridgehead atoms. The normalized spacial score (nSPS) is 9.21. The van der Waals surface area contributed by atoms with Crippen molar-refractivity contribution in [2.75, 3.05) is 0 Å². The molecule has 2 aromatic rings. The third kappa shape index (κ3) is 2.51. The van der Waals surface area contributed by atoms with Gasteiger partial charge in [-0.3, -0.25) is 4.98 Å². The van der Waals surface area contributed by atoms with E-state index in [2.05, 4.69) is 17.1 Å². The second-order valence-electron chi connectivity index (χ2n) is 2.97. The molecule has 0 spiro atoms. The molecule has 0 radical (unpaired) electrons. The Morgan fingerprint density at radius 2 is 1.79 bits per heavy atom. The van der Waals surface area contributed by atoms with Crippen molar-refractivity contribution in [3.63, 3.8) is 0 Å². The van der Waals surface area contributed by atoms with Gasteiger partial charge >= 0.3 is 0 Å². The van der Waals surface area contributed by atoms with E-state index in [1.54, 1.807) is 0 Å². The van der Waals surface area contributed by atoms with Crippen molar-refractivity contribution in [2.45, 2.75) is 0 Å². The van der Waals surface area contributed by atoms with E-state index in [0.29, 0.717) is 0 Å². The summed E-state index contributed by atoms with van der Waals surface area (Å²) in [5.74, 6) is 0. The largest absolute Gasteiger partial charge is 1.00 e. The van der Waals surface area contributed by atoms with Gasteiger partial charge < -0.3 is 24.0 Å². The summed E-state index contributed by atoms with van der Waals surface area (Å²) in [4.78, 5) is 4.27. The molecule has 2 rings (SSSR count). The summed E-state index contributed by atoms with van der Waals surface area (Å²) in [7, 11) is 2.00. The maximum Gasteiger partial charge on any atom is 0.169 e. The molecule has 0 amide bonds. The molecule has 3 heteroatoms. The average Bonchev–Trinajstić information content (AvgIpc) is 2.20. The summed E-state index contributed by atoms with van der Waals surface area (Å²) >= 11 is 0. The van der Waals surface area contributed by atoms with E-state index in [-0.39, 0.29) is 24.0 Å². The number of hydrogen-bond donors (Lipinski definition) is 0. The number of nitrogens with zero attached hydrogens (tertiary/aromatic N) is 2. The minimum atomic E-state index is 0. The molecule has 0 atom stereocenters. The Balaban J connectivity index is 0.000000980. The standard InChI is InChI=1S/C11H11N2.HI/c1-13-8-5-10(6-9-13)11-4-2-3-7-12-11;/h2-9H,1H3;1H/q+1;/p-1. The lowest BCUT2D eigenvalue weighted by Crippen LogP contribution is -3.00. The summed E-state index contributed by atoms with van der Waals surface area (Å²) in [6, 6.07) is 10.0. The first-order valence-electron chi connectivity index (χ1n) is 4.23. The lowest BCUT2D eigenvalue weighted by Gasteiger charge is -1.96. The van der Waals surface area contributed by atoms with Crippen molar-refractivity contribution in [3.05, 3.63) is 48.9 Å². The Bertz CT molecular complexity index is 384. The van der Waals surface area contributed by atoms with Crippen LogP contribution in [0.15, 0.2) is 48.9 Å². The second-order valence-corrected chi connectivity index (χ2v) is 2.97. The van der Waals surface area contributed by atoms with E-state index in [4.69, 9.17) is 0 Å². The zero-order valence-electron chi connectivity index (χ0n) is 7.89. The van der Waals surface area contributed by atoms with Crippen LogP contribution in [0, 0.1) is 0 Å². The van der Waals surface area contributed by atoms with Crippen LogP contribution in [0.25, 0.3) is 11.3 Å². The molecule has 0 fully saturated rings. The van der Waals surface area contributed by atoms with Crippen LogP contribution in [0.1, 0.15) is 0 Å². The summed E-state index contributed by atoms with van der Waals surface area (Å²) in [6.07, 6.45) is 5.84. The first-order chi connectivity index (χ1) is 6.36. The zero-order chi connectivity index (χ0) is 9.10. The highest BCUT2D eigenvalue weighted by Crippen LogP contribution is 2.12. The monoisotopic (exact) mass is 298 g/mol.